The summed E-state index contributed by atoms with van der Waals surface area (Å²) in [4.78, 5) is 29.2. The minimum atomic E-state index is -3.79. The molecule has 4 aromatic carbocycles. The molecule has 7 nitrogen and oxygen atoms in total. The largest absolute Gasteiger partial charge is 0.350 e. The highest BCUT2D eigenvalue weighted by Crippen LogP contribution is 2.18. The van der Waals surface area contributed by atoms with E-state index in [1.54, 1.807) is 36.4 Å². The Balaban J connectivity index is 1.67. The highest BCUT2D eigenvalue weighted by atomic mass is 32.2. The summed E-state index contributed by atoms with van der Waals surface area (Å²) in [6.07, 6.45) is 1.26. The molecule has 4 aromatic rings. The first-order valence-electron chi connectivity index (χ1n) is 13.6. The second-order valence-corrected chi connectivity index (χ2v) is 12.1. The first kappa shape index (κ1) is 30.6. The van der Waals surface area contributed by atoms with Crippen molar-refractivity contribution in [2.45, 2.75) is 32.1 Å². The van der Waals surface area contributed by atoms with Crippen molar-refractivity contribution in [1.82, 2.24) is 14.5 Å². The molecule has 218 valence electrons. The zero-order valence-electron chi connectivity index (χ0n) is 23.4. The average Bonchev–Trinajstić information content (AvgIpc) is 2.99. The van der Waals surface area contributed by atoms with Crippen LogP contribution in [0.25, 0.3) is 0 Å². The lowest BCUT2D eigenvalue weighted by Gasteiger charge is -2.33. The number of carbonyl (C=O) groups is 2. The van der Waals surface area contributed by atoms with Crippen molar-refractivity contribution in [3.05, 3.63) is 143 Å². The fraction of sp³-hybridized carbons (Fsp3) is 0.212. The van der Waals surface area contributed by atoms with E-state index in [0.29, 0.717) is 5.56 Å². The van der Waals surface area contributed by atoms with Crippen LogP contribution in [0.2, 0.25) is 0 Å². The number of amides is 2. The Labute approximate surface area is 246 Å². The molecule has 0 bridgehead atoms. The molecule has 0 aliphatic heterocycles. The first-order valence-corrected chi connectivity index (χ1v) is 15.4. The Bertz CT molecular complexity index is 1550. The molecule has 0 aliphatic carbocycles. The molecule has 42 heavy (non-hydrogen) atoms. The van der Waals surface area contributed by atoms with Crippen molar-refractivity contribution in [3.8, 4) is 0 Å². The Hall–Kier alpha value is -4.34. The fourth-order valence-electron chi connectivity index (χ4n) is 4.56. The van der Waals surface area contributed by atoms with Gasteiger partial charge in [-0.3, -0.25) is 9.59 Å². The summed E-state index contributed by atoms with van der Waals surface area (Å²) in [5, 5.41) is 2.95. The monoisotopic (exact) mass is 587 g/mol. The number of rotatable bonds is 13. The Morgan fingerprint density at radius 2 is 1.21 bits per heavy atom. The van der Waals surface area contributed by atoms with Crippen LogP contribution in [0.1, 0.15) is 22.3 Å². The number of halogens is 1. The van der Waals surface area contributed by atoms with Gasteiger partial charge in [-0.05, 0) is 34.4 Å². The molecule has 9 heteroatoms. The van der Waals surface area contributed by atoms with Crippen LogP contribution in [-0.4, -0.2) is 48.3 Å². The van der Waals surface area contributed by atoms with Crippen LogP contribution < -0.4 is 5.32 Å². The van der Waals surface area contributed by atoms with Gasteiger partial charge >= 0.3 is 0 Å². The van der Waals surface area contributed by atoms with E-state index >= 15 is 0 Å². The van der Waals surface area contributed by atoms with Gasteiger partial charge < -0.3 is 10.2 Å². The lowest BCUT2D eigenvalue weighted by atomic mass is 10.0. The van der Waals surface area contributed by atoms with Gasteiger partial charge in [0.1, 0.15) is 11.9 Å². The maximum Gasteiger partial charge on any atom is 0.243 e. The highest BCUT2D eigenvalue weighted by molar-refractivity contribution is 7.88. The first-order chi connectivity index (χ1) is 20.2. The van der Waals surface area contributed by atoms with E-state index in [9.17, 15) is 22.4 Å². The van der Waals surface area contributed by atoms with Gasteiger partial charge in [-0.2, -0.15) is 4.31 Å². The number of sulfonamides is 1. The van der Waals surface area contributed by atoms with Crippen LogP contribution in [0.4, 0.5) is 4.39 Å². The standard InChI is InChI=1S/C33H34FN3O4S/c1-42(40,41)36(23-28-15-9-4-10-16-28)25-32(38)37(24-29-17-19-30(34)20-18-29)31(21-26-11-5-2-6-12-26)33(39)35-22-27-13-7-3-8-14-27/h2-20,31H,21-25H2,1H3,(H,35,39). The molecule has 0 radical (unpaired) electrons. The van der Waals surface area contributed by atoms with Gasteiger partial charge in [0.25, 0.3) is 0 Å². The molecule has 0 aromatic heterocycles. The second-order valence-electron chi connectivity index (χ2n) is 10.1. The lowest BCUT2D eigenvalue weighted by Crippen LogP contribution is -2.53. The molecule has 2 amide bonds. The molecular formula is C33H34FN3O4S. The van der Waals surface area contributed by atoms with E-state index in [1.807, 2.05) is 66.7 Å². The van der Waals surface area contributed by atoms with Gasteiger partial charge in [0, 0.05) is 26.1 Å². The smallest absolute Gasteiger partial charge is 0.243 e. The number of carbonyl (C=O) groups excluding carboxylic acids is 2. The maximum absolute atomic E-state index is 14.0. The molecule has 0 aliphatic rings. The molecule has 1 unspecified atom stereocenters. The molecule has 0 heterocycles. The van der Waals surface area contributed by atoms with E-state index in [2.05, 4.69) is 5.32 Å². The number of nitrogens with zero attached hydrogens (tertiary/aromatic N) is 2. The quantitative estimate of drug-likeness (QED) is 0.249. The Morgan fingerprint density at radius 3 is 1.76 bits per heavy atom. The van der Waals surface area contributed by atoms with Crippen molar-refractivity contribution in [1.29, 1.82) is 0 Å². The summed E-state index contributed by atoms with van der Waals surface area (Å²) in [5.74, 6) is -1.35. The minimum Gasteiger partial charge on any atom is -0.350 e. The SMILES string of the molecule is CS(=O)(=O)N(CC(=O)N(Cc1ccc(F)cc1)C(Cc1ccccc1)C(=O)NCc1ccccc1)Cc1ccccc1. The molecule has 4 rings (SSSR count). The molecule has 0 saturated carbocycles. The van der Waals surface area contributed by atoms with Crippen molar-refractivity contribution in [2.24, 2.45) is 0 Å². The van der Waals surface area contributed by atoms with Gasteiger partial charge in [0.15, 0.2) is 0 Å². The van der Waals surface area contributed by atoms with Crippen LogP contribution in [0.3, 0.4) is 0 Å². The van der Waals surface area contributed by atoms with Crippen LogP contribution in [-0.2, 0) is 45.7 Å². The molecule has 0 spiro atoms. The van der Waals surface area contributed by atoms with Crippen LogP contribution in [0.15, 0.2) is 115 Å². The molecule has 0 fully saturated rings. The summed E-state index contributed by atoms with van der Waals surface area (Å²) >= 11 is 0. The van der Waals surface area contributed by atoms with E-state index in [4.69, 9.17) is 0 Å². The fourth-order valence-corrected chi connectivity index (χ4v) is 5.29. The third-order valence-corrected chi connectivity index (χ3v) is 8.03. The topological polar surface area (TPSA) is 86.8 Å². The van der Waals surface area contributed by atoms with Crippen molar-refractivity contribution in [2.75, 3.05) is 12.8 Å². The van der Waals surface area contributed by atoms with E-state index < -0.39 is 34.3 Å². The van der Waals surface area contributed by atoms with Crippen molar-refractivity contribution < 1.29 is 22.4 Å². The number of hydrogen-bond donors (Lipinski definition) is 1. The molecule has 0 saturated heterocycles. The zero-order valence-corrected chi connectivity index (χ0v) is 24.2. The second kappa shape index (κ2) is 14.5. The van der Waals surface area contributed by atoms with Crippen LogP contribution in [0, 0.1) is 5.82 Å². The number of hydrogen-bond acceptors (Lipinski definition) is 4. The van der Waals surface area contributed by atoms with Crippen molar-refractivity contribution in [3.63, 3.8) is 0 Å². The number of nitrogens with one attached hydrogen (secondary N) is 1. The third-order valence-electron chi connectivity index (χ3n) is 6.83. The summed E-state index contributed by atoms with van der Waals surface area (Å²) < 4.78 is 40.4. The Morgan fingerprint density at radius 1 is 0.714 bits per heavy atom. The summed E-state index contributed by atoms with van der Waals surface area (Å²) in [6.45, 7) is -0.225. The normalized spacial score (nSPS) is 12.1. The summed E-state index contributed by atoms with van der Waals surface area (Å²) in [7, 11) is -3.79. The Kier molecular flexibility index (Phi) is 10.6. The number of benzene rings is 4. The third kappa shape index (κ3) is 9.09. The summed E-state index contributed by atoms with van der Waals surface area (Å²) in [5.41, 5.74) is 3.06. The molecule has 1 N–H and O–H groups in total. The van der Waals surface area contributed by atoms with E-state index in [0.717, 1.165) is 27.3 Å². The van der Waals surface area contributed by atoms with Crippen molar-refractivity contribution >= 4 is 21.8 Å². The predicted molar refractivity (Wildman–Crippen MR) is 161 cm³/mol. The molecule has 1 atom stereocenters. The minimum absolute atomic E-state index is 0.000638. The lowest BCUT2D eigenvalue weighted by molar-refractivity contribution is -0.141. The van der Waals surface area contributed by atoms with Crippen LogP contribution in [0.5, 0.6) is 0 Å². The maximum atomic E-state index is 14.0. The van der Waals surface area contributed by atoms with Gasteiger partial charge in [0.05, 0.1) is 12.8 Å². The van der Waals surface area contributed by atoms with Gasteiger partial charge in [-0.1, -0.05) is 103 Å². The summed E-state index contributed by atoms with van der Waals surface area (Å²) in [6, 6.07) is 32.4. The van der Waals surface area contributed by atoms with Gasteiger partial charge in [0.2, 0.25) is 21.8 Å². The van der Waals surface area contributed by atoms with Crippen LogP contribution >= 0.6 is 0 Å². The zero-order chi connectivity index (χ0) is 30.0. The average molecular weight is 588 g/mol. The van der Waals surface area contributed by atoms with Gasteiger partial charge in [-0.25, -0.2) is 12.8 Å². The highest BCUT2D eigenvalue weighted by Gasteiger charge is 2.32. The van der Waals surface area contributed by atoms with Gasteiger partial charge in [-0.15, -0.1) is 0 Å². The predicted octanol–water partition coefficient (Wildman–Crippen LogP) is 4.54. The van der Waals surface area contributed by atoms with E-state index in [1.165, 1.54) is 17.0 Å². The van der Waals surface area contributed by atoms with E-state index in [-0.39, 0.29) is 32.0 Å². The molecular weight excluding hydrogens is 553 g/mol.